The smallest absolute Gasteiger partial charge is 0.226 e. The van der Waals surface area contributed by atoms with Crippen LogP contribution in [0.1, 0.15) is 25.8 Å². The van der Waals surface area contributed by atoms with E-state index >= 15 is 0 Å². The van der Waals surface area contributed by atoms with Gasteiger partial charge in [0, 0.05) is 9.50 Å². The molecule has 0 radical (unpaired) electrons. The molecule has 1 aliphatic rings. The summed E-state index contributed by atoms with van der Waals surface area (Å²) in [5.41, 5.74) is 11.7. The number of nitrogens with two attached hydrogens (primary N) is 2. The van der Waals surface area contributed by atoms with Gasteiger partial charge in [0.15, 0.2) is 5.66 Å². The van der Waals surface area contributed by atoms with Crippen molar-refractivity contribution in [3.05, 3.63) is 32.2 Å². The van der Waals surface area contributed by atoms with Crippen molar-refractivity contribution in [3.63, 3.8) is 0 Å². The minimum Gasteiger partial charge on any atom is -0.368 e. The Hall–Kier alpha value is -1.02. The van der Waals surface area contributed by atoms with Crippen LogP contribution in [0.15, 0.2) is 26.6 Å². The Morgan fingerprint density at radius 1 is 1.26 bits per heavy atom. The molecule has 4 N–H and O–H groups in total. The largest absolute Gasteiger partial charge is 0.368 e. The van der Waals surface area contributed by atoms with Gasteiger partial charge in [-0.3, -0.25) is 4.84 Å². The second-order valence-corrected chi connectivity index (χ2v) is 7.19. The van der Waals surface area contributed by atoms with Gasteiger partial charge in [0.25, 0.3) is 0 Å². The first kappa shape index (κ1) is 18.3. The van der Waals surface area contributed by atoms with E-state index in [0.717, 1.165) is 22.9 Å². The lowest BCUT2D eigenvalue weighted by Crippen LogP contribution is -2.53. The number of rotatable bonds is 5. The van der Waals surface area contributed by atoms with Gasteiger partial charge in [0.05, 0.1) is 11.6 Å². The highest BCUT2D eigenvalue weighted by Gasteiger charge is 2.32. The molecule has 23 heavy (non-hydrogen) atoms. The van der Waals surface area contributed by atoms with E-state index in [1.165, 1.54) is 5.06 Å². The van der Waals surface area contributed by atoms with Gasteiger partial charge in [-0.15, -0.1) is 0 Å². The van der Waals surface area contributed by atoms with E-state index in [9.17, 15) is 0 Å². The highest BCUT2D eigenvalue weighted by molar-refractivity contribution is 9.10. The third-order valence-corrected chi connectivity index (χ3v) is 4.77. The number of hydroxylamine groups is 2. The van der Waals surface area contributed by atoms with Crippen molar-refractivity contribution in [1.29, 1.82) is 0 Å². The van der Waals surface area contributed by atoms with Crippen molar-refractivity contribution < 1.29 is 4.84 Å². The lowest BCUT2D eigenvalue weighted by atomic mass is 10.1. The standard InChI is InChI=1S/C14H18BrCl2N5O/c1-14(2)21-12(18)20-13(19)22(14)23-5-3-4-8-6-11(17)9(15)7-10(8)16/h6-7H,3-5H2,1-2H3,(H4,18,19,20,21). The van der Waals surface area contributed by atoms with Crippen LogP contribution in [-0.4, -0.2) is 29.3 Å². The van der Waals surface area contributed by atoms with Crippen LogP contribution in [0.4, 0.5) is 0 Å². The minimum absolute atomic E-state index is 0.142. The van der Waals surface area contributed by atoms with Crippen LogP contribution in [0.5, 0.6) is 0 Å². The average molecular weight is 423 g/mol. The van der Waals surface area contributed by atoms with Gasteiger partial charge in [-0.1, -0.05) is 23.2 Å². The molecule has 0 bridgehead atoms. The molecule has 0 saturated heterocycles. The first-order valence-electron chi connectivity index (χ1n) is 6.97. The van der Waals surface area contributed by atoms with Crippen LogP contribution in [0.3, 0.4) is 0 Å². The fourth-order valence-electron chi connectivity index (χ4n) is 2.19. The quantitative estimate of drug-likeness (QED) is 0.562. The van der Waals surface area contributed by atoms with Crippen LogP contribution >= 0.6 is 39.1 Å². The molecular weight excluding hydrogens is 405 g/mol. The van der Waals surface area contributed by atoms with Crippen LogP contribution < -0.4 is 11.5 Å². The van der Waals surface area contributed by atoms with Gasteiger partial charge in [-0.2, -0.15) is 10.1 Å². The molecule has 2 rings (SSSR count). The number of hydrogen-bond donors (Lipinski definition) is 2. The molecule has 0 atom stereocenters. The summed E-state index contributed by atoms with van der Waals surface area (Å²) < 4.78 is 0.777. The monoisotopic (exact) mass is 421 g/mol. The van der Waals surface area contributed by atoms with Crippen molar-refractivity contribution >= 4 is 51.1 Å². The number of benzene rings is 1. The summed E-state index contributed by atoms with van der Waals surface area (Å²) in [6.07, 6.45) is 1.46. The van der Waals surface area contributed by atoms with E-state index in [1.54, 1.807) is 6.07 Å². The lowest BCUT2D eigenvalue weighted by molar-refractivity contribution is -0.157. The second kappa shape index (κ2) is 7.25. The van der Waals surface area contributed by atoms with Gasteiger partial charge in [0.2, 0.25) is 11.9 Å². The molecule has 0 amide bonds. The van der Waals surface area contributed by atoms with Crippen molar-refractivity contribution in [2.45, 2.75) is 32.4 Å². The average Bonchev–Trinajstić information content (AvgIpc) is 2.41. The predicted molar refractivity (Wildman–Crippen MR) is 97.6 cm³/mol. The molecule has 0 saturated carbocycles. The highest BCUT2D eigenvalue weighted by Crippen LogP contribution is 2.30. The Bertz CT molecular complexity index is 663. The summed E-state index contributed by atoms with van der Waals surface area (Å²) in [5, 5.41) is 2.75. The number of halogens is 3. The molecule has 0 spiro atoms. The molecule has 1 aromatic carbocycles. The molecule has 6 nitrogen and oxygen atoms in total. The van der Waals surface area contributed by atoms with Crippen LogP contribution in [-0.2, 0) is 11.3 Å². The third kappa shape index (κ3) is 4.50. The maximum Gasteiger partial charge on any atom is 0.226 e. The Labute approximate surface area is 153 Å². The van der Waals surface area contributed by atoms with Crippen LogP contribution in [0.25, 0.3) is 0 Å². The zero-order valence-corrected chi connectivity index (χ0v) is 15.9. The molecule has 0 unspecified atom stereocenters. The van der Waals surface area contributed by atoms with Crippen LogP contribution in [0, 0.1) is 0 Å². The Kier molecular flexibility index (Phi) is 5.78. The number of aryl methyl sites for hydroxylation is 1. The molecule has 1 aromatic rings. The summed E-state index contributed by atoms with van der Waals surface area (Å²) in [7, 11) is 0. The van der Waals surface area contributed by atoms with Gasteiger partial charge in [0.1, 0.15) is 0 Å². The van der Waals surface area contributed by atoms with E-state index in [4.69, 9.17) is 39.5 Å². The van der Waals surface area contributed by atoms with E-state index in [0.29, 0.717) is 16.7 Å². The van der Waals surface area contributed by atoms with Gasteiger partial charge >= 0.3 is 0 Å². The molecule has 1 heterocycles. The summed E-state index contributed by atoms with van der Waals surface area (Å²) in [4.78, 5) is 13.8. The Morgan fingerprint density at radius 2 is 1.96 bits per heavy atom. The van der Waals surface area contributed by atoms with E-state index in [1.807, 2.05) is 19.9 Å². The molecule has 9 heteroatoms. The van der Waals surface area contributed by atoms with Gasteiger partial charge in [-0.05, 0) is 60.3 Å². The van der Waals surface area contributed by atoms with Gasteiger partial charge < -0.3 is 11.5 Å². The van der Waals surface area contributed by atoms with E-state index < -0.39 is 5.66 Å². The molecule has 0 aliphatic carbocycles. The van der Waals surface area contributed by atoms with Gasteiger partial charge in [-0.25, -0.2) is 4.99 Å². The minimum atomic E-state index is -0.700. The first-order chi connectivity index (χ1) is 10.7. The Balaban J connectivity index is 1.91. The molecule has 0 aromatic heterocycles. The third-order valence-electron chi connectivity index (χ3n) is 3.22. The zero-order valence-electron chi connectivity index (χ0n) is 12.8. The van der Waals surface area contributed by atoms with Crippen molar-refractivity contribution in [2.24, 2.45) is 21.5 Å². The zero-order chi connectivity index (χ0) is 17.2. The molecular formula is C14H18BrCl2N5O. The summed E-state index contributed by atoms with van der Waals surface area (Å²) in [5.74, 6) is 0.329. The number of nitrogens with zero attached hydrogens (tertiary/aromatic N) is 3. The van der Waals surface area contributed by atoms with Crippen LogP contribution in [0.2, 0.25) is 10.0 Å². The maximum absolute atomic E-state index is 6.20. The normalized spacial score (nSPS) is 17.0. The van der Waals surface area contributed by atoms with Crippen molar-refractivity contribution in [2.75, 3.05) is 6.61 Å². The summed E-state index contributed by atoms with van der Waals surface area (Å²) >= 11 is 15.6. The fourth-order valence-corrected chi connectivity index (χ4v) is 3.11. The highest BCUT2D eigenvalue weighted by atomic mass is 79.9. The predicted octanol–water partition coefficient (Wildman–Crippen LogP) is 3.30. The molecule has 126 valence electrons. The summed E-state index contributed by atoms with van der Waals surface area (Å²) in [6.45, 7) is 4.11. The van der Waals surface area contributed by atoms with Crippen molar-refractivity contribution in [3.8, 4) is 0 Å². The summed E-state index contributed by atoms with van der Waals surface area (Å²) in [6, 6.07) is 3.63. The first-order valence-corrected chi connectivity index (χ1v) is 8.51. The van der Waals surface area contributed by atoms with Crippen molar-refractivity contribution in [1.82, 2.24) is 5.06 Å². The fraction of sp³-hybridized carbons (Fsp3) is 0.429. The second-order valence-electron chi connectivity index (χ2n) is 5.52. The van der Waals surface area contributed by atoms with E-state index in [-0.39, 0.29) is 11.9 Å². The molecule has 0 fully saturated rings. The molecule has 1 aliphatic heterocycles. The number of aliphatic imine (C=N–C) groups is 2. The number of hydrogen-bond acceptors (Lipinski definition) is 6. The van der Waals surface area contributed by atoms with E-state index in [2.05, 4.69) is 25.9 Å². The lowest BCUT2D eigenvalue weighted by Gasteiger charge is -2.36. The Morgan fingerprint density at radius 3 is 2.61 bits per heavy atom. The number of guanidine groups is 2. The SMILES string of the molecule is CC1(C)N=C(N)N=C(N)N1OCCCc1cc(Cl)c(Br)cc1Cl. The topological polar surface area (TPSA) is 89.2 Å². The maximum atomic E-state index is 6.20.